The molecule has 1 unspecified atom stereocenters. The maximum absolute atomic E-state index is 6.11. The maximum atomic E-state index is 6.11. The molecule has 0 bridgehead atoms. The summed E-state index contributed by atoms with van der Waals surface area (Å²) in [6, 6.07) is 27.3. The minimum Gasteiger partial charge on any atom is -0.358 e. The maximum Gasteiger partial charge on any atom is 0.0459 e. The van der Waals surface area contributed by atoms with Crippen molar-refractivity contribution in [3.63, 3.8) is 0 Å². The average Bonchev–Trinajstić information content (AvgIpc) is 2.94. The lowest BCUT2D eigenvalue weighted by atomic mass is 9.84. The van der Waals surface area contributed by atoms with Crippen molar-refractivity contribution >= 4 is 22.5 Å². The van der Waals surface area contributed by atoms with Crippen LogP contribution >= 0.6 is 11.6 Å². The highest BCUT2D eigenvalue weighted by Gasteiger charge is 2.22. The predicted molar refractivity (Wildman–Crippen MR) is 102 cm³/mol. The first kappa shape index (κ1) is 15.0. The Hall–Kier alpha value is -2.51. The lowest BCUT2D eigenvalue weighted by Gasteiger charge is -2.19. The van der Waals surface area contributed by atoms with Crippen LogP contribution in [-0.2, 0) is 0 Å². The molecular weight excluding hydrogens is 314 g/mol. The van der Waals surface area contributed by atoms with Gasteiger partial charge in [0.05, 0.1) is 0 Å². The largest absolute Gasteiger partial charge is 0.358 e. The molecule has 0 aliphatic rings. The van der Waals surface area contributed by atoms with Crippen molar-refractivity contribution in [1.29, 1.82) is 0 Å². The Morgan fingerprint density at radius 1 is 0.750 bits per heavy atom. The van der Waals surface area contributed by atoms with Gasteiger partial charge in [-0.2, -0.15) is 0 Å². The minimum atomic E-state index is 0.180. The minimum absolute atomic E-state index is 0.180. The van der Waals surface area contributed by atoms with Gasteiger partial charge in [-0.1, -0.05) is 72.3 Å². The monoisotopic (exact) mass is 331 g/mol. The summed E-state index contributed by atoms with van der Waals surface area (Å²) in [6.45, 7) is 2.15. The highest BCUT2D eigenvalue weighted by molar-refractivity contribution is 6.30. The molecule has 0 amide bonds. The van der Waals surface area contributed by atoms with Crippen LogP contribution < -0.4 is 0 Å². The third-order valence-corrected chi connectivity index (χ3v) is 4.82. The van der Waals surface area contributed by atoms with Gasteiger partial charge in [0.2, 0.25) is 0 Å². The van der Waals surface area contributed by atoms with E-state index >= 15 is 0 Å². The molecule has 2 heteroatoms. The number of rotatable bonds is 3. The lowest BCUT2D eigenvalue weighted by Crippen LogP contribution is -2.04. The Morgan fingerprint density at radius 3 is 2.12 bits per heavy atom. The fourth-order valence-electron chi connectivity index (χ4n) is 3.50. The smallest absolute Gasteiger partial charge is 0.0459 e. The second-order valence-corrected chi connectivity index (χ2v) is 6.54. The molecule has 0 spiro atoms. The zero-order chi connectivity index (χ0) is 16.5. The van der Waals surface area contributed by atoms with E-state index in [1.807, 2.05) is 12.1 Å². The summed E-state index contributed by atoms with van der Waals surface area (Å²) in [5, 5.41) is 2.04. The molecule has 0 aliphatic carbocycles. The molecule has 1 N–H and O–H groups in total. The number of benzene rings is 3. The Labute approximate surface area is 146 Å². The van der Waals surface area contributed by atoms with Crippen LogP contribution in [-0.4, -0.2) is 4.98 Å². The van der Waals surface area contributed by atoms with Crippen molar-refractivity contribution in [2.75, 3.05) is 0 Å². The van der Waals surface area contributed by atoms with Crippen LogP contribution in [0.4, 0.5) is 0 Å². The number of aromatic amines is 1. The van der Waals surface area contributed by atoms with Crippen LogP contribution in [0.5, 0.6) is 0 Å². The van der Waals surface area contributed by atoms with Crippen LogP contribution in [0, 0.1) is 6.92 Å². The number of nitrogens with one attached hydrogen (secondary N) is 1. The third-order valence-electron chi connectivity index (χ3n) is 4.57. The summed E-state index contributed by atoms with van der Waals surface area (Å²) >= 11 is 6.11. The first-order chi connectivity index (χ1) is 11.7. The number of aromatic nitrogens is 1. The first-order valence-electron chi connectivity index (χ1n) is 8.11. The Bertz CT molecular complexity index is 968. The molecular formula is C22H18ClN. The number of aryl methyl sites for hydroxylation is 1. The van der Waals surface area contributed by atoms with Gasteiger partial charge in [0.25, 0.3) is 0 Å². The van der Waals surface area contributed by atoms with Crippen molar-refractivity contribution in [3.8, 4) is 0 Å². The van der Waals surface area contributed by atoms with Crippen molar-refractivity contribution in [2.24, 2.45) is 0 Å². The molecule has 1 aromatic heterocycles. The summed E-state index contributed by atoms with van der Waals surface area (Å²) < 4.78 is 0. The van der Waals surface area contributed by atoms with Gasteiger partial charge in [0.1, 0.15) is 0 Å². The second kappa shape index (κ2) is 6.18. The normalized spacial score (nSPS) is 12.4. The summed E-state index contributed by atoms with van der Waals surface area (Å²) in [5.41, 5.74) is 6.25. The highest BCUT2D eigenvalue weighted by atomic mass is 35.5. The zero-order valence-electron chi connectivity index (χ0n) is 13.5. The van der Waals surface area contributed by atoms with Crippen LogP contribution in [0.25, 0.3) is 10.9 Å². The number of halogens is 1. The third kappa shape index (κ3) is 2.61. The van der Waals surface area contributed by atoms with Crippen molar-refractivity contribution in [2.45, 2.75) is 12.8 Å². The van der Waals surface area contributed by atoms with E-state index in [0.717, 1.165) is 5.02 Å². The molecule has 0 fully saturated rings. The number of fused-ring (bicyclic) bond motifs is 1. The molecule has 24 heavy (non-hydrogen) atoms. The Balaban J connectivity index is 1.99. The lowest BCUT2D eigenvalue weighted by molar-refractivity contribution is 0.969. The first-order valence-corrected chi connectivity index (χ1v) is 8.49. The zero-order valence-corrected chi connectivity index (χ0v) is 14.2. The standard InChI is InChI=1S/C22H18ClN/c1-15-21(19-9-5-6-10-20(19)24-15)22(16-7-3-2-4-8-16)17-11-13-18(23)14-12-17/h2-14,22,24H,1H3. The van der Waals surface area contributed by atoms with Gasteiger partial charge >= 0.3 is 0 Å². The SMILES string of the molecule is Cc1[nH]c2ccccc2c1C(c1ccccc1)c1ccc(Cl)cc1. The molecule has 0 saturated carbocycles. The van der Waals surface area contributed by atoms with Gasteiger partial charge in [-0.05, 0) is 41.8 Å². The fraction of sp³-hybridized carbons (Fsp3) is 0.0909. The van der Waals surface area contributed by atoms with Gasteiger partial charge in [0, 0.05) is 27.5 Å². The number of hydrogen-bond acceptors (Lipinski definition) is 0. The van der Waals surface area contributed by atoms with Gasteiger partial charge in [-0.15, -0.1) is 0 Å². The molecule has 0 aliphatic heterocycles. The summed E-state index contributed by atoms with van der Waals surface area (Å²) in [6.07, 6.45) is 0. The highest BCUT2D eigenvalue weighted by Crippen LogP contribution is 2.38. The Kier molecular flexibility index (Phi) is 3.87. The van der Waals surface area contributed by atoms with Gasteiger partial charge in [0.15, 0.2) is 0 Å². The van der Waals surface area contributed by atoms with Gasteiger partial charge < -0.3 is 4.98 Å². The molecule has 4 aromatic rings. The van der Waals surface area contributed by atoms with Crippen LogP contribution in [0.3, 0.4) is 0 Å². The molecule has 0 radical (unpaired) electrons. The van der Waals surface area contributed by atoms with Crippen LogP contribution in [0.2, 0.25) is 5.02 Å². The average molecular weight is 332 g/mol. The molecule has 0 saturated heterocycles. The van der Waals surface area contributed by atoms with Gasteiger partial charge in [-0.25, -0.2) is 0 Å². The Morgan fingerprint density at radius 2 is 1.38 bits per heavy atom. The topological polar surface area (TPSA) is 15.8 Å². The van der Waals surface area contributed by atoms with E-state index in [1.165, 1.54) is 33.3 Å². The molecule has 118 valence electrons. The van der Waals surface area contributed by atoms with Crippen LogP contribution in [0.15, 0.2) is 78.9 Å². The van der Waals surface area contributed by atoms with E-state index in [4.69, 9.17) is 11.6 Å². The van der Waals surface area contributed by atoms with E-state index in [-0.39, 0.29) is 5.92 Å². The van der Waals surface area contributed by atoms with E-state index in [1.54, 1.807) is 0 Å². The van der Waals surface area contributed by atoms with Crippen molar-refractivity contribution in [3.05, 3.63) is 106 Å². The van der Waals surface area contributed by atoms with Crippen LogP contribution in [0.1, 0.15) is 28.3 Å². The molecule has 1 heterocycles. The number of hydrogen-bond donors (Lipinski definition) is 1. The quantitative estimate of drug-likeness (QED) is 0.452. The molecule has 4 rings (SSSR count). The molecule has 1 nitrogen and oxygen atoms in total. The van der Waals surface area contributed by atoms with E-state index in [0.29, 0.717) is 0 Å². The number of H-pyrrole nitrogens is 1. The van der Waals surface area contributed by atoms with Crippen molar-refractivity contribution < 1.29 is 0 Å². The van der Waals surface area contributed by atoms with Gasteiger partial charge in [-0.3, -0.25) is 0 Å². The second-order valence-electron chi connectivity index (χ2n) is 6.10. The summed E-state index contributed by atoms with van der Waals surface area (Å²) in [4.78, 5) is 3.53. The number of para-hydroxylation sites is 1. The van der Waals surface area contributed by atoms with E-state index < -0.39 is 0 Å². The molecule has 1 atom stereocenters. The summed E-state index contributed by atoms with van der Waals surface area (Å²) in [5.74, 6) is 0.180. The van der Waals surface area contributed by atoms with E-state index in [9.17, 15) is 0 Å². The fourth-order valence-corrected chi connectivity index (χ4v) is 3.62. The predicted octanol–water partition coefficient (Wildman–Crippen LogP) is 6.31. The summed E-state index contributed by atoms with van der Waals surface area (Å²) in [7, 11) is 0. The van der Waals surface area contributed by atoms with E-state index in [2.05, 4.69) is 78.6 Å². The van der Waals surface area contributed by atoms with Crippen molar-refractivity contribution in [1.82, 2.24) is 4.98 Å². The molecule has 3 aromatic carbocycles.